The van der Waals surface area contributed by atoms with Crippen LogP contribution in [-0.2, 0) is 4.79 Å². The van der Waals surface area contributed by atoms with E-state index in [0.29, 0.717) is 29.0 Å². The highest BCUT2D eigenvalue weighted by Gasteiger charge is 2.64. The van der Waals surface area contributed by atoms with E-state index in [1.165, 1.54) is 0 Å². The number of hydrogen-bond acceptors (Lipinski definition) is 10. The minimum absolute atomic E-state index is 0.0787. The first-order valence-corrected chi connectivity index (χ1v) is 20.7. The smallest absolute Gasteiger partial charge is 0.253 e. The van der Waals surface area contributed by atoms with Gasteiger partial charge in [0.15, 0.2) is 0 Å². The van der Waals surface area contributed by atoms with Crippen LogP contribution in [0.1, 0.15) is 90.8 Å². The molecular formula is C45H58N8O5. The van der Waals surface area contributed by atoms with Crippen LogP contribution in [0.25, 0.3) is 0 Å². The Labute approximate surface area is 342 Å². The van der Waals surface area contributed by atoms with E-state index in [9.17, 15) is 24.8 Å². The maximum Gasteiger partial charge on any atom is 0.253 e. The molecular weight excluding hydrogens is 733 g/mol. The summed E-state index contributed by atoms with van der Waals surface area (Å²) < 4.78 is 6.55. The number of aliphatic hydroxyl groups excluding tert-OH is 1. The zero-order valence-corrected chi connectivity index (χ0v) is 34.7. The zero-order valence-electron chi connectivity index (χ0n) is 34.7. The molecule has 1 aromatic heterocycles. The van der Waals surface area contributed by atoms with Gasteiger partial charge in [-0.05, 0) is 98.7 Å². The molecule has 4 heterocycles. The fraction of sp³-hybridized carbons (Fsp3) is 0.533. The third-order valence-electron chi connectivity index (χ3n) is 13.0. The summed E-state index contributed by atoms with van der Waals surface area (Å²) in [5.41, 5.74) is 4.10. The first kappa shape index (κ1) is 41.0. The van der Waals surface area contributed by atoms with Crippen molar-refractivity contribution in [2.45, 2.75) is 91.6 Å². The molecule has 13 nitrogen and oxygen atoms in total. The quantitative estimate of drug-likeness (QED) is 0.229. The average Bonchev–Trinajstić information content (AvgIpc) is 3.20. The normalized spacial score (nSPS) is 24.6. The summed E-state index contributed by atoms with van der Waals surface area (Å²) >= 11 is 0. The number of rotatable bonds is 10. The van der Waals surface area contributed by atoms with E-state index in [-0.39, 0.29) is 47.1 Å². The molecule has 3 amide bonds. The van der Waals surface area contributed by atoms with Gasteiger partial charge in [0.2, 0.25) is 5.91 Å². The Kier molecular flexibility index (Phi) is 11.7. The van der Waals surface area contributed by atoms with Gasteiger partial charge in [-0.1, -0.05) is 27.7 Å². The molecule has 4 aliphatic rings. The van der Waals surface area contributed by atoms with Crippen LogP contribution in [-0.4, -0.2) is 103 Å². The molecule has 0 bridgehead atoms. The number of hydrogen-bond donors (Lipinski definition) is 4. The number of aliphatic hydroxyl groups is 1. The first-order chi connectivity index (χ1) is 27.6. The van der Waals surface area contributed by atoms with Crippen LogP contribution < -0.4 is 30.5 Å². The lowest BCUT2D eigenvalue weighted by Gasteiger charge is -2.63. The lowest BCUT2D eigenvalue weighted by atomic mass is 9.49. The van der Waals surface area contributed by atoms with Crippen molar-refractivity contribution in [1.82, 2.24) is 25.8 Å². The number of carbonyl (C=O) groups excluding carboxylic acids is 3. The molecule has 58 heavy (non-hydrogen) atoms. The Morgan fingerprint density at radius 2 is 1.50 bits per heavy atom. The number of aromatic nitrogens is 1. The fourth-order valence-corrected chi connectivity index (χ4v) is 9.93. The minimum atomic E-state index is -1.09. The van der Waals surface area contributed by atoms with Crippen molar-refractivity contribution >= 4 is 29.2 Å². The van der Waals surface area contributed by atoms with Crippen LogP contribution in [0.15, 0.2) is 54.7 Å². The van der Waals surface area contributed by atoms with Crippen LogP contribution in [0.5, 0.6) is 5.75 Å². The minimum Gasteiger partial charge on any atom is -0.489 e. The van der Waals surface area contributed by atoms with Gasteiger partial charge < -0.3 is 35.6 Å². The number of carbonyl (C=O) groups is 3. The van der Waals surface area contributed by atoms with Crippen LogP contribution in [0.2, 0.25) is 0 Å². The van der Waals surface area contributed by atoms with Gasteiger partial charge >= 0.3 is 0 Å². The maximum atomic E-state index is 13.5. The van der Waals surface area contributed by atoms with Crippen LogP contribution >= 0.6 is 0 Å². The molecule has 3 saturated heterocycles. The van der Waals surface area contributed by atoms with Crippen molar-refractivity contribution < 1.29 is 24.2 Å². The van der Waals surface area contributed by atoms with E-state index in [0.717, 1.165) is 87.0 Å². The first-order valence-electron chi connectivity index (χ1n) is 20.7. The lowest BCUT2D eigenvalue weighted by molar-refractivity contribution is -0.164. The van der Waals surface area contributed by atoms with E-state index in [1.54, 1.807) is 12.3 Å². The molecule has 3 aromatic rings. The van der Waals surface area contributed by atoms with Crippen molar-refractivity contribution in [2.75, 3.05) is 55.6 Å². The number of piperidine rings is 2. The molecule has 1 saturated carbocycles. The van der Waals surface area contributed by atoms with Crippen LogP contribution in [0.4, 0.5) is 11.5 Å². The predicted octanol–water partition coefficient (Wildman–Crippen LogP) is 4.55. The molecule has 1 unspecified atom stereocenters. The van der Waals surface area contributed by atoms with Crippen molar-refractivity contribution in [3.63, 3.8) is 0 Å². The fourth-order valence-electron chi connectivity index (χ4n) is 9.93. The summed E-state index contributed by atoms with van der Waals surface area (Å²) in [7, 11) is 0. The second-order valence-corrected chi connectivity index (χ2v) is 17.9. The average molecular weight is 791 g/mol. The number of ether oxygens (including phenoxy) is 1. The highest BCUT2D eigenvalue weighted by atomic mass is 16.5. The molecule has 308 valence electrons. The number of piperazine rings is 1. The molecule has 4 fully saturated rings. The van der Waals surface area contributed by atoms with E-state index >= 15 is 0 Å². The van der Waals surface area contributed by atoms with Gasteiger partial charge in [0, 0.05) is 86.6 Å². The van der Waals surface area contributed by atoms with Gasteiger partial charge in [-0.25, -0.2) is 4.98 Å². The zero-order chi connectivity index (χ0) is 41.4. The molecule has 2 atom stereocenters. The van der Waals surface area contributed by atoms with Crippen molar-refractivity contribution in [3.8, 4) is 11.8 Å². The number of pyridine rings is 1. The summed E-state index contributed by atoms with van der Waals surface area (Å²) in [6.07, 6.45) is 3.27. The Bertz CT molecular complexity index is 1990. The molecule has 1 aliphatic carbocycles. The van der Waals surface area contributed by atoms with Gasteiger partial charge in [0.05, 0.1) is 23.2 Å². The SMILES string of the molecule is Cc1cc(O[C@H]2C(C)(C)[C@H](NC(=O)c3ccc(N4CCC(CN5CCN(c6ccc(C(=O)N[C@H]7CCC(=O)NC7O)cn6)CC5)CC4)cc3)C2(C)C)cc(C)c1C#N. The Balaban J connectivity index is 0.836. The van der Waals surface area contributed by atoms with Crippen molar-refractivity contribution in [1.29, 1.82) is 5.26 Å². The Morgan fingerprint density at radius 1 is 0.879 bits per heavy atom. The third kappa shape index (κ3) is 8.50. The van der Waals surface area contributed by atoms with Gasteiger partial charge in [0.1, 0.15) is 23.9 Å². The number of anilines is 2. The topological polar surface area (TPSA) is 163 Å². The van der Waals surface area contributed by atoms with Gasteiger partial charge in [-0.3, -0.25) is 19.3 Å². The number of nitrogens with one attached hydrogen (secondary N) is 3. The monoisotopic (exact) mass is 790 g/mol. The van der Waals surface area contributed by atoms with Crippen LogP contribution in [0.3, 0.4) is 0 Å². The van der Waals surface area contributed by atoms with Crippen molar-refractivity contribution in [3.05, 3.63) is 82.5 Å². The van der Waals surface area contributed by atoms with Crippen LogP contribution in [0, 0.1) is 41.9 Å². The van der Waals surface area contributed by atoms with E-state index in [4.69, 9.17) is 4.74 Å². The lowest BCUT2D eigenvalue weighted by Crippen LogP contribution is -2.74. The number of aryl methyl sites for hydroxylation is 2. The van der Waals surface area contributed by atoms with E-state index in [1.807, 2.05) is 44.2 Å². The number of amides is 3. The highest BCUT2D eigenvalue weighted by Crippen LogP contribution is 2.55. The van der Waals surface area contributed by atoms with Gasteiger partial charge in [-0.2, -0.15) is 5.26 Å². The number of nitrogens with zero attached hydrogens (tertiary/aromatic N) is 5. The molecule has 0 radical (unpaired) electrons. The number of nitriles is 1. The predicted molar refractivity (Wildman–Crippen MR) is 223 cm³/mol. The highest BCUT2D eigenvalue weighted by molar-refractivity contribution is 5.95. The summed E-state index contributed by atoms with van der Waals surface area (Å²) in [6, 6.07) is 17.2. The molecule has 3 aliphatic heterocycles. The molecule has 4 N–H and O–H groups in total. The summed E-state index contributed by atoms with van der Waals surface area (Å²) in [5.74, 6) is 1.61. The van der Waals surface area contributed by atoms with E-state index in [2.05, 4.69) is 81.5 Å². The van der Waals surface area contributed by atoms with Gasteiger partial charge in [0.25, 0.3) is 11.8 Å². The maximum absolute atomic E-state index is 13.5. The molecule has 2 aromatic carbocycles. The summed E-state index contributed by atoms with van der Waals surface area (Å²) in [5, 5.41) is 28.1. The van der Waals surface area contributed by atoms with Gasteiger partial charge in [-0.15, -0.1) is 0 Å². The Morgan fingerprint density at radius 3 is 2.09 bits per heavy atom. The molecule has 0 spiro atoms. The summed E-state index contributed by atoms with van der Waals surface area (Å²) in [6.45, 7) is 19.1. The third-order valence-corrected chi connectivity index (χ3v) is 13.0. The summed E-state index contributed by atoms with van der Waals surface area (Å²) in [4.78, 5) is 49.5. The second-order valence-electron chi connectivity index (χ2n) is 17.9. The second kappa shape index (κ2) is 16.6. The van der Waals surface area contributed by atoms with E-state index < -0.39 is 12.3 Å². The van der Waals surface area contributed by atoms with Crippen molar-refractivity contribution in [2.24, 2.45) is 16.7 Å². The molecule has 7 rings (SSSR count). The number of benzene rings is 2. The largest absolute Gasteiger partial charge is 0.489 e. The Hall–Kier alpha value is -5.19. The standard InChI is InChI=1S/C45H58N8O5/c1-28-23-34(24-29(2)35(28)25-46)58-43-44(3,4)42(45(43,5)6)50-39(55)31-7-10-33(11-8-31)52-17-15-30(16-18-52)27-51-19-21-53(22-20-51)37-13-9-32(26-47-37)40(56)48-36-12-14-38(54)49-41(36)57/h7-11,13,23-24,26,30,36,41-43,57H,12,14-22,27H2,1-6H3,(H,48,56)(H,49,54)(H,50,55)/t36-,41?,42-,43-/m0/s1. The molecule has 13 heteroatoms.